The predicted molar refractivity (Wildman–Crippen MR) is 57.4 cm³/mol. The largest absolute Gasteiger partial charge is 0.444 e. The lowest BCUT2D eigenvalue weighted by Crippen LogP contribution is -2.07. The Morgan fingerprint density at radius 2 is 1.86 bits per heavy atom. The lowest BCUT2D eigenvalue weighted by atomic mass is 10.1. The smallest absolute Gasteiger partial charge is 0.197 e. The van der Waals surface area contributed by atoms with Gasteiger partial charge in [-0.2, -0.15) is 0 Å². The first-order valence-electron chi connectivity index (χ1n) is 5.20. The minimum Gasteiger partial charge on any atom is -0.444 e. The van der Waals surface area contributed by atoms with E-state index in [0.717, 1.165) is 23.9 Å². The van der Waals surface area contributed by atoms with Crippen molar-refractivity contribution in [1.82, 2.24) is 10.3 Å². The van der Waals surface area contributed by atoms with E-state index in [1.807, 2.05) is 7.05 Å². The minimum absolute atomic E-state index is 0.359. The third-order valence-electron chi connectivity index (χ3n) is 2.12. The van der Waals surface area contributed by atoms with Gasteiger partial charge >= 0.3 is 0 Å². The molecule has 0 atom stereocenters. The second-order valence-corrected chi connectivity index (χ2v) is 4.20. The molecule has 0 unspecified atom stereocenters. The lowest BCUT2D eigenvalue weighted by Gasteiger charge is -2.01. The minimum atomic E-state index is 0.359. The van der Waals surface area contributed by atoms with Gasteiger partial charge in [0.2, 0.25) is 0 Å². The monoisotopic (exact) mass is 196 g/mol. The van der Waals surface area contributed by atoms with Gasteiger partial charge in [0.05, 0.1) is 12.2 Å². The van der Waals surface area contributed by atoms with Crippen LogP contribution in [0.1, 0.15) is 56.9 Å². The van der Waals surface area contributed by atoms with Gasteiger partial charge in [-0.3, -0.25) is 0 Å². The summed E-state index contributed by atoms with van der Waals surface area (Å²) in [6.45, 7) is 9.23. The number of oxazole rings is 1. The predicted octanol–water partition coefficient (Wildman–Crippen LogP) is 2.64. The highest BCUT2D eigenvalue weighted by Crippen LogP contribution is 2.23. The summed E-state index contributed by atoms with van der Waals surface area (Å²) in [5.74, 6) is 2.61. The summed E-state index contributed by atoms with van der Waals surface area (Å²) in [6, 6.07) is 0. The fraction of sp³-hybridized carbons (Fsp3) is 0.727. The molecule has 0 aromatic carbocycles. The molecule has 80 valence electrons. The first kappa shape index (κ1) is 11.2. The van der Waals surface area contributed by atoms with E-state index in [-0.39, 0.29) is 0 Å². The molecule has 0 amide bonds. The van der Waals surface area contributed by atoms with Crippen molar-refractivity contribution in [3.05, 3.63) is 17.3 Å². The van der Waals surface area contributed by atoms with Gasteiger partial charge in [-0.25, -0.2) is 4.98 Å². The van der Waals surface area contributed by atoms with Crippen LogP contribution >= 0.6 is 0 Å². The Balaban J connectivity index is 2.99. The Bertz CT molecular complexity index is 289. The van der Waals surface area contributed by atoms with Crippen molar-refractivity contribution < 1.29 is 4.42 Å². The van der Waals surface area contributed by atoms with E-state index in [0.29, 0.717) is 11.8 Å². The van der Waals surface area contributed by atoms with Crippen LogP contribution in [0.3, 0.4) is 0 Å². The molecule has 0 spiro atoms. The van der Waals surface area contributed by atoms with Crippen LogP contribution in [0.2, 0.25) is 0 Å². The van der Waals surface area contributed by atoms with Crippen LogP contribution in [-0.2, 0) is 6.54 Å². The Morgan fingerprint density at radius 1 is 1.21 bits per heavy atom. The van der Waals surface area contributed by atoms with Crippen LogP contribution in [0.15, 0.2) is 4.42 Å². The van der Waals surface area contributed by atoms with Gasteiger partial charge in [0, 0.05) is 5.92 Å². The third kappa shape index (κ3) is 2.35. The fourth-order valence-corrected chi connectivity index (χ4v) is 1.37. The van der Waals surface area contributed by atoms with Crippen molar-refractivity contribution >= 4 is 0 Å². The summed E-state index contributed by atoms with van der Waals surface area (Å²) < 4.78 is 5.70. The highest BCUT2D eigenvalue weighted by atomic mass is 16.4. The molecule has 0 fully saturated rings. The van der Waals surface area contributed by atoms with Crippen molar-refractivity contribution in [2.24, 2.45) is 0 Å². The maximum atomic E-state index is 5.70. The molecule has 1 aromatic rings. The zero-order valence-corrected chi connectivity index (χ0v) is 9.72. The van der Waals surface area contributed by atoms with Crippen molar-refractivity contribution in [1.29, 1.82) is 0 Å². The lowest BCUT2D eigenvalue weighted by molar-refractivity contribution is 0.426. The molecule has 1 heterocycles. The molecular formula is C11H20N2O. The average Bonchev–Trinajstić information content (AvgIpc) is 2.49. The molecule has 1 rings (SSSR count). The topological polar surface area (TPSA) is 38.1 Å². The molecule has 1 aromatic heterocycles. The summed E-state index contributed by atoms with van der Waals surface area (Å²) in [4.78, 5) is 4.52. The molecule has 0 aliphatic rings. The Kier molecular flexibility index (Phi) is 3.69. The van der Waals surface area contributed by atoms with Crippen LogP contribution < -0.4 is 5.32 Å². The zero-order valence-electron chi connectivity index (χ0n) is 9.72. The van der Waals surface area contributed by atoms with Crippen molar-refractivity contribution in [2.75, 3.05) is 7.05 Å². The second-order valence-electron chi connectivity index (χ2n) is 4.20. The number of rotatable bonds is 4. The Hall–Kier alpha value is -0.830. The van der Waals surface area contributed by atoms with Crippen LogP contribution in [0.25, 0.3) is 0 Å². The molecule has 3 nitrogen and oxygen atoms in total. The second kappa shape index (κ2) is 4.60. The third-order valence-corrected chi connectivity index (χ3v) is 2.12. The maximum Gasteiger partial charge on any atom is 0.197 e. The molecule has 1 N–H and O–H groups in total. The molecule has 14 heavy (non-hydrogen) atoms. The van der Waals surface area contributed by atoms with Gasteiger partial charge in [0.1, 0.15) is 5.76 Å². The van der Waals surface area contributed by atoms with Crippen molar-refractivity contribution in [3.63, 3.8) is 0 Å². The molecule has 0 saturated heterocycles. The van der Waals surface area contributed by atoms with Crippen LogP contribution in [0.4, 0.5) is 0 Å². The number of aromatic nitrogens is 1. The van der Waals surface area contributed by atoms with E-state index in [1.54, 1.807) is 0 Å². The highest BCUT2D eigenvalue weighted by Gasteiger charge is 2.16. The van der Waals surface area contributed by atoms with Crippen LogP contribution in [0.5, 0.6) is 0 Å². The number of hydrogen-bond donors (Lipinski definition) is 1. The standard InChI is InChI=1S/C11H20N2O/c1-7(2)10-9(6-12-5)14-11(13-10)8(3)4/h7-8,12H,6H2,1-5H3. The van der Waals surface area contributed by atoms with E-state index in [1.165, 1.54) is 0 Å². The normalized spacial score (nSPS) is 11.6. The molecular weight excluding hydrogens is 176 g/mol. The molecule has 0 aliphatic heterocycles. The van der Waals surface area contributed by atoms with Crippen molar-refractivity contribution in [3.8, 4) is 0 Å². The van der Waals surface area contributed by atoms with E-state index in [4.69, 9.17) is 4.42 Å². The van der Waals surface area contributed by atoms with Gasteiger partial charge < -0.3 is 9.73 Å². The van der Waals surface area contributed by atoms with Gasteiger partial charge in [-0.1, -0.05) is 27.7 Å². The van der Waals surface area contributed by atoms with Gasteiger partial charge in [-0.05, 0) is 13.0 Å². The molecule has 0 bridgehead atoms. The SMILES string of the molecule is CNCc1oc(C(C)C)nc1C(C)C. The first-order chi connectivity index (χ1) is 6.56. The summed E-state index contributed by atoms with van der Waals surface area (Å²) in [6.07, 6.45) is 0. The number of nitrogens with zero attached hydrogens (tertiary/aromatic N) is 1. The molecule has 0 aliphatic carbocycles. The van der Waals surface area contributed by atoms with Crippen LogP contribution in [-0.4, -0.2) is 12.0 Å². The van der Waals surface area contributed by atoms with E-state index < -0.39 is 0 Å². The summed E-state index contributed by atoms with van der Waals surface area (Å²) in [5, 5.41) is 3.10. The Morgan fingerprint density at radius 3 is 2.29 bits per heavy atom. The maximum absolute atomic E-state index is 5.70. The Labute approximate surface area is 85.9 Å². The quantitative estimate of drug-likeness (QED) is 0.804. The van der Waals surface area contributed by atoms with E-state index in [2.05, 4.69) is 38.0 Å². The van der Waals surface area contributed by atoms with Gasteiger partial charge in [0.15, 0.2) is 5.89 Å². The zero-order chi connectivity index (χ0) is 10.7. The molecule has 0 saturated carbocycles. The van der Waals surface area contributed by atoms with E-state index >= 15 is 0 Å². The molecule has 3 heteroatoms. The number of nitrogens with one attached hydrogen (secondary N) is 1. The van der Waals surface area contributed by atoms with Crippen LogP contribution in [0, 0.1) is 0 Å². The first-order valence-corrected chi connectivity index (χ1v) is 5.20. The molecule has 0 radical (unpaired) electrons. The summed E-state index contributed by atoms with van der Waals surface area (Å²) >= 11 is 0. The highest BCUT2D eigenvalue weighted by molar-refractivity contribution is 5.14. The van der Waals surface area contributed by atoms with Gasteiger partial charge in [0.25, 0.3) is 0 Å². The summed E-state index contributed by atoms with van der Waals surface area (Å²) in [5.41, 5.74) is 1.09. The van der Waals surface area contributed by atoms with Gasteiger partial charge in [-0.15, -0.1) is 0 Å². The van der Waals surface area contributed by atoms with E-state index in [9.17, 15) is 0 Å². The average molecular weight is 196 g/mol. The number of hydrogen-bond acceptors (Lipinski definition) is 3. The fourth-order valence-electron chi connectivity index (χ4n) is 1.37. The van der Waals surface area contributed by atoms with Crippen molar-refractivity contribution in [2.45, 2.75) is 46.1 Å². The summed E-state index contributed by atoms with van der Waals surface area (Å²) in [7, 11) is 1.92.